The van der Waals surface area contributed by atoms with Gasteiger partial charge in [0.15, 0.2) is 11.5 Å². The molecule has 0 bridgehead atoms. The molecule has 1 heterocycles. The van der Waals surface area contributed by atoms with Gasteiger partial charge in [-0.05, 0) is 48.4 Å². The van der Waals surface area contributed by atoms with Crippen molar-refractivity contribution in [3.8, 4) is 28.4 Å². The summed E-state index contributed by atoms with van der Waals surface area (Å²) < 4.78 is 16.2. The first-order chi connectivity index (χ1) is 9.81. The summed E-state index contributed by atoms with van der Waals surface area (Å²) >= 11 is 0. The van der Waals surface area contributed by atoms with E-state index in [0.717, 1.165) is 34.8 Å². The van der Waals surface area contributed by atoms with Crippen molar-refractivity contribution < 1.29 is 14.2 Å². The van der Waals surface area contributed by atoms with Crippen molar-refractivity contribution in [1.82, 2.24) is 0 Å². The van der Waals surface area contributed by atoms with E-state index in [1.807, 2.05) is 30.3 Å². The molecule has 3 rings (SSSR count). The van der Waals surface area contributed by atoms with Crippen LogP contribution >= 0.6 is 0 Å². The van der Waals surface area contributed by atoms with Crippen LogP contribution in [0.2, 0.25) is 0 Å². The summed E-state index contributed by atoms with van der Waals surface area (Å²) in [6.45, 7) is 0.913. The zero-order valence-electron chi connectivity index (χ0n) is 11.4. The summed E-state index contributed by atoms with van der Waals surface area (Å²) in [5.74, 6) is 2.39. The third kappa shape index (κ3) is 2.30. The maximum Gasteiger partial charge on any atom is 0.231 e. The third-order valence-corrected chi connectivity index (χ3v) is 3.38. The number of rotatable bonds is 4. The molecule has 0 atom stereocenters. The minimum absolute atomic E-state index is 0.281. The van der Waals surface area contributed by atoms with Gasteiger partial charge in [-0.3, -0.25) is 0 Å². The molecule has 0 amide bonds. The number of methoxy groups -OCH3 is 1. The Labute approximate surface area is 118 Å². The van der Waals surface area contributed by atoms with E-state index in [1.54, 1.807) is 7.11 Å². The maximum atomic E-state index is 5.63. The second-order valence-electron chi connectivity index (χ2n) is 4.64. The molecular formula is C16H17NO3. The number of hydrogen-bond donors (Lipinski definition) is 1. The Kier molecular flexibility index (Phi) is 3.48. The van der Waals surface area contributed by atoms with Crippen LogP contribution in [0, 0.1) is 0 Å². The normalized spacial score (nSPS) is 12.5. The number of nitrogens with two attached hydrogens (primary N) is 1. The van der Waals surface area contributed by atoms with Crippen LogP contribution in [-0.2, 0) is 6.42 Å². The summed E-state index contributed by atoms with van der Waals surface area (Å²) in [5, 5.41) is 0. The lowest BCUT2D eigenvalue weighted by Gasteiger charge is -2.11. The first-order valence-electron chi connectivity index (χ1n) is 6.59. The van der Waals surface area contributed by atoms with Gasteiger partial charge >= 0.3 is 0 Å². The smallest absolute Gasteiger partial charge is 0.231 e. The Balaban J connectivity index is 2.05. The fraction of sp³-hybridized carbons (Fsp3) is 0.250. The molecule has 20 heavy (non-hydrogen) atoms. The molecule has 0 unspecified atom stereocenters. The van der Waals surface area contributed by atoms with E-state index in [4.69, 9.17) is 19.9 Å². The number of ether oxygens (including phenoxy) is 3. The lowest BCUT2D eigenvalue weighted by atomic mass is 10.00. The van der Waals surface area contributed by atoms with E-state index < -0.39 is 0 Å². The van der Waals surface area contributed by atoms with Crippen LogP contribution in [-0.4, -0.2) is 20.4 Å². The van der Waals surface area contributed by atoms with Gasteiger partial charge in [-0.1, -0.05) is 12.1 Å². The first kappa shape index (κ1) is 12.8. The molecule has 0 fully saturated rings. The van der Waals surface area contributed by atoms with Crippen molar-refractivity contribution in [2.24, 2.45) is 5.73 Å². The second kappa shape index (κ2) is 5.43. The number of hydrogen-bond acceptors (Lipinski definition) is 4. The molecule has 0 aromatic heterocycles. The Hall–Kier alpha value is -2.20. The Bertz CT molecular complexity index is 625. The van der Waals surface area contributed by atoms with Crippen LogP contribution < -0.4 is 19.9 Å². The molecule has 1 aliphatic rings. The topological polar surface area (TPSA) is 53.7 Å². The lowest BCUT2D eigenvalue weighted by Crippen LogP contribution is -2.03. The van der Waals surface area contributed by atoms with Crippen molar-refractivity contribution in [3.05, 3.63) is 42.0 Å². The van der Waals surface area contributed by atoms with Crippen molar-refractivity contribution in [1.29, 1.82) is 0 Å². The van der Waals surface area contributed by atoms with Crippen molar-refractivity contribution >= 4 is 0 Å². The summed E-state index contributed by atoms with van der Waals surface area (Å²) in [7, 11) is 1.68. The molecule has 4 nitrogen and oxygen atoms in total. The highest BCUT2D eigenvalue weighted by molar-refractivity contribution is 5.73. The van der Waals surface area contributed by atoms with Crippen molar-refractivity contribution in [2.75, 3.05) is 20.4 Å². The highest BCUT2D eigenvalue weighted by atomic mass is 16.7. The van der Waals surface area contributed by atoms with Gasteiger partial charge in [0.05, 0.1) is 7.11 Å². The zero-order chi connectivity index (χ0) is 13.9. The fourth-order valence-electron chi connectivity index (χ4n) is 2.37. The molecule has 0 radical (unpaired) electrons. The van der Waals surface area contributed by atoms with Crippen molar-refractivity contribution in [3.63, 3.8) is 0 Å². The summed E-state index contributed by atoms with van der Waals surface area (Å²) in [4.78, 5) is 0. The van der Waals surface area contributed by atoms with Gasteiger partial charge in [0, 0.05) is 5.56 Å². The zero-order valence-corrected chi connectivity index (χ0v) is 11.4. The largest absolute Gasteiger partial charge is 0.496 e. The third-order valence-electron chi connectivity index (χ3n) is 3.38. The summed E-state index contributed by atoms with van der Waals surface area (Å²) in [6.07, 6.45) is 0.849. The number of benzene rings is 2. The van der Waals surface area contributed by atoms with E-state index >= 15 is 0 Å². The SMILES string of the molecule is COc1ccc(CCN)cc1-c1ccc2c(c1)OCO2. The molecule has 2 aromatic carbocycles. The Morgan fingerprint density at radius 2 is 1.95 bits per heavy atom. The fourth-order valence-corrected chi connectivity index (χ4v) is 2.37. The highest BCUT2D eigenvalue weighted by Gasteiger charge is 2.15. The quantitative estimate of drug-likeness (QED) is 0.928. The van der Waals surface area contributed by atoms with Crippen LogP contribution in [0.4, 0.5) is 0 Å². The van der Waals surface area contributed by atoms with E-state index in [0.29, 0.717) is 6.54 Å². The predicted molar refractivity (Wildman–Crippen MR) is 77.3 cm³/mol. The minimum Gasteiger partial charge on any atom is -0.496 e. The Morgan fingerprint density at radius 3 is 2.75 bits per heavy atom. The average Bonchev–Trinajstić information content (AvgIpc) is 2.95. The summed E-state index contributed by atoms with van der Waals surface area (Å²) in [6, 6.07) is 12.0. The molecule has 0 saturated carbocycles. The van der Waals surface area contributed by atoms with E-state index in [-0.39, 0.29) is 6.79 Å². The van der Waals surface area contributed by atoms with E-state index in [1.165, 1.54) is 5.56 Å². The van der Waals surface area contributed by atoms with Crippen molar-refractivity contribution in [2.45, 2.75) is 6.42 Å². The van der Waals surface area contributed by atoms with Gasteiger partial charge in [0.2, 0.25) is 6.79 Å². The molecule has 0 spiro atoms. The first-order valence-corrected chi connectivity index (χ1v) is 6.59. The average molecular weight is 271 g/mol. The molecule has 2 N–H and O–H groups in total. The van der Waals surface area contributed by atoms with Crippen LogP contribution in [0.1, 0.15) is 5.56 Å². The van der Waals surface area contributed by atoms with Crippen LogP contribution in [0.15, 0.2) is 36.4 Å². The molecule has 4 heteroatoms. The second-order valence-corrected chi connectivity index (χ2v) is 4.64. The van der Waals surface area contributed by atoms with E-state index in [2.05, 4.69) is 6.07 Å². The van der Waals surface area contributed by atoms with Gasteiger partial charge in [0.1, 0.15) is 5.75 Å². The molecular weight excluding hydrogens is 254 g/mol. The van der Waals surface area contributed by atoms with Crippen LogP contribution in [0.3, 0.4) is 0 Å². The lowest BCUT2D eigenvalue weighted by molar-refractivity contribution is 0.174. The minimum atomic E-state index is 0.281. The predicted octanol–water partition coefficient (Wildman–Crippen LogP) is 2.59. The van der Waals surface area contributed by atoms with Gasteiger partial charge in [0.25, 0.3) is 0 Å². The van der Waals surface area contributed by atoms with Gasteiger partial charge in [-0.25, -0.2) is 0 Å². The summed E-state index contributed by atoms with van der Waals surface area (Å²) in [5.41, 5.74) is 8.91. The standard InChI is InChI=1S/C16H17NO3/c1-18-14-4-2-11(6-7-17)8-13(14)12-3-5-15-16(9-12)20-10-19-15/h2-5,8-9H,6-7,10,17H2,1H3. The number of fused-ring (bicyclic) bond motifs is 1. The van der Waals surface area contributed by atoms with Gasteiger partial charge in [-0.15, -0.1) is 0 Å². The molecule has 1 aliphatic heterocycles. The van der Waals surface area contributed by atoms with Gasteiger partial charge in [-0.2, -0.15) is 0 Å². The molecule has 2 aromatic rings. The van der Waals surface area contributed by atoms with Crippen LogP contribution in [0.5, 0.6) is 17.2 Å². The molecule has 104 valence electrons. The van der Waals surface area contributed by atoms with Crippen LogP contribution in [0.25, 0.3) is 11.1 Å². The van der Waals surface area contributed by atoms with Gasteiger partial charge < -0.3 is 19.9 Å². The maximum absolute atomic E-state index is 5.63. The molecule has 0 saturated heterocycles. The van der Waals surface area contributed by atoms with E-state index in [9.17, 15) is 0 Å². The highest BCUT2D eigenvalue weighted by Crippen LogP contribution is 2.39. The Morgan fingerprint density at radius 1 is 1.10 bits per heavy atom. The molecule has 0 aliphatic carbocycles. The monoisotopic (exact) mass is 271 g/mol.